The second-order valence-electron chi connectivity index (χ2n) is 7.55. The number of carbonyl (C=O) groups is 4. The van der Waals surface area contributed by atoms with Crippen LogP contribution in [0.15, 0.2) is 54.6 Å². The SMILES string of the molecule is CC(=O)N([C@@H](CC(=O)O)c1ccccc1)N1C(=O)N[C@@](C)(c2ccc(C(=N)N)cc2)C1=O.Cl. The highest BCUT2D eigenvalue weighted by Gasteiger charge is 2.53. The zero-order valence-corrected chi connectivity index (χ0v) is 18.8. The van der Waals surface area contributed by atoms with Gasteiger partial charge in [-0.3, -0.25) is 19.8 Å². The first-order chi connectivity index (χ1) is 15.1. The van der Waals surface area contributed by atoms with Gasteiger partial charge in [0, 0.05) is 12.5 Å². The van der Waals surface area contributed by atoms with E-state index in [9.17, 15) is 24.3 Å². The third-order valence-electron chi connectivity index (χ3n) is 5.33. The van der Waals surface area contributed by atoms with E-state index in [-0.39, 0.29) is 18.2 Å². The Labute approximate surface area is 196 Å². The van der Waals surface area contributed by atoms with E-state index in [0.29, 0.717) is 21.7 Å². The molecule has 2 aromatic rings. The summed E-state index contributed by atoms with van der Waals surface area (Å²) >= 11 is 0. The van der Waals surface area contributed by atoms with Crippen LogP contribution in [0.1, 0.15) is 43.0 Å². The molecule has 0 unspecified atom stereocenters. The molecule has 0 bridgehead atoms. The van der Waals surface area contributed by atoms with Crippen molar-refractivity contribution in [2.45, 2.75) is 31.8 Å². The molecular weight excluding hydrogens is 450 g/mol. The molecule has 0 aromatic heterocycles. The van der Waals surface area contributed by atoms with Crippen molar-refractivity contribution in [3.05, 3.63) is 71.3 Å². The molecule has 33 heavy (non-hydrogen) atoms. The molecule has 1 fully saturated rings. The fourth-order valence-corrected chi connectivity index (χ4v) is 3.68. The molecule has 174 valence electrons. The minimum Gasteiger partial charge on any atom is -0.481 e. The Balaban J connectivity index is 0.00000385. The minimum atomic E-state index is -1.51. The van der Waals surface area contributed by atoms with Gasteiger partial charge in [0.1, 0.15) is 11.4 Å². The van der Waals surface area contributed by atoms with Crippen molar-refractivity contribution in [2.75, 3.05) is 0 Å². The minimum absolute atomic E-state index is 0. The van der Waals surface area contributed by atoms with E-state index in [0.717, 1.165) is 11.9 Å². The molecule has 5 N–H and O–H groups in total. The number of nitrogens with two attached hydrogens (primary N) is 1. The number of halogens is 1. The molecule has 4 amide bonds. The zero-order chi connectivity index (χ0) is 23.6. The Kier molecular flexibility index (Phi) is 7.45. The molecule has 2 aromatic carbocycles. The number of amidine groups is 1. The first kappa shape index (κ1) is 25.3. The molecule has 0 saturated carbocycles. The molecule has 2 atom stereocenters. The number of nitrogens with one attached hydrogen (secondary N) is 2. The van der Waals surface area contributed by atoms with Gasteiger partial charge in [0.25, 0.3) is 5.91 Å². The number of hydrogen-bond donors (Lipinski definition) is 4. The highest BCUT2D eigenvalue weighted by Crippen LogP contribution is 2.34. The van der Waals surface area contributed by atoms with Gasteiger partial charge >= 0.3 is 12.0 Å². The molecule has 1 saturated heterocycles. The highest BCUT2D eigenvalue weighted by molar-refractivity contribution is 6.08. The Morgan fingerprint density at radius 1 is 1.15 bits per heavy atom. The van der Waals surface area contributed by atoms with Crippen LogP contribution in [0.3, 0.4) is 0 Å². The van der Waals surface area contributed by atoms with Gasteiger partial charge in [-0.05, 0) is 18.1 Å². The number of imide groups is 1. The summed E-state index contributed by atoms with van der Waals surface area (Å²) in [4.78, 5) is 50.5. The summed E-state index contributed by atoms with van der Waals surface area (Å²) in [6.07, 6.45) is -0.509. The number of rotatable bonds is 7. The maximum Gasteiger partial charge on any atom is 0.344 e. The average Bonchev–Trinajstić information content (AvgIpc) is 2.97. The maximum atomic E-state index is 13.5. The summed E-state index contributed by atoms with van der Waals surface area (Å²) in [5.41, 5.74) is 5.29. The van der Waals surface area contributed by atoms with Crippen molar-refractivity contribution >= 4 is 42.1 Å². The van der Waals surface area contributed by atoms with Gasteiger partial charge in [-0.25, -0.2) is 9.80 Å². The van der Waals surface area contributed by atoms with Crippen molar-refractivity contribution < 1.29 is 24.3 Å². The first-order valence-electron chi connectivity index (χ1n) is 9.74. The number of aliphatic carboxylic acids is 1. The predicted molar refractivity (Wildman–Crippen MR) is 121 cm³/mol. The molecule has 1 aliphatic rings. The normalized spacial score (nSPS) is 18.2. The lowest BCUT2D eigenvalue weighted by atomic mass is 9.91. The van der Waals surface area contributed by atoms with Crippen LogP contribution >= 0.6 is 12.4 Å². The number of amides is 4. The largest absolute Gasteiger partial charge is 0.481 e. The Morgan fingerprint density at radius 2 is 1.73 bits per heavy atom. The van der Waals surface area contributed by atoms with Gasteiger partial charge in [0.05, 0.1) is 12.5 Å². The number of carboxylic acids is 1. The quantitative estimate of drug-likeness (QED) is 0.274. The molecule has 1 aliphatic heterocycles. The number of urea groups is 1. The van der Waals surface area contributed by atoms with Gasteiger partial charge in [-0.2, -0.15) is 5.01 Å². The summed E-state index contributed by atoms with van der Waals surface area (Å²) in [6, 6.07) is 12.6. The molecule has 11 heteroatoms. The fourth-order valence-electron chi connectivity index (χ4n) is 3.68. The van der Waals surface area contributed by atoms with Gasteiger partial charge in [0.15, 0.2) is 0 Å². The summed E-state index contributed by atoms with van der Waals surface area (Å²) in [5.74, 6) is -2.74. The lowest BCUT2D eigenvalue weighted by Crippen LogP contribution is -2.52. The van der Waals surface area contributed by atoms with Crippen LogP contribution in [-0.4, -0.2) is 44.8 Å². The fraction of sp³-hybridized carbons (Fsp3) is 0.227. The standard InChI is InChI=1S/C22H23N5O5.ClH/c1-13(28)26(17(12-18(29)30)14-6-4-3-5-7-14)27-20(31)22(2,25-21(27)32)16-10-8-15(9-11-16)19(23)24;/h3-11,17H,12H2,1-2H3,(H3,23,24)(H,25,32)(H,29,30);1H/t17-,22-;/m0./s1. The molecule has 3 rings (SSSR count). The van der Waals surface area contributed by atoms with Crippen molar-refractivity contribution in [1.82, 2.24) is 15.3 Å². The molecule has 1 heterocycles. The smallest absolute Gasteiger partial charge is 0.344 e. The second kappa shape index (κ2) is 9.70. The van der Waals surface area contributed by atoms with Crippen LogP contribution in [0, 0.1) is 5.41 Å². The maximum absolute atomic E-state index is 13.5. The van der Waals surface area contributed by atoms with Gasteiger partial charge < -0.3 is 16.2 Å². The predicted octanol–water partition coefficient (Wildman–Crippen LogP) is 2.14. The number of nitrogens with zero attached hydrogens (tertiary/aromatic N) is 2. The third kappa shape index (κ3) is 4.80. The molecular formula is C22H24ClN5O5. The number of hydrogen-bond acceptors (Lipinski definition) is 5. The number of carbonyl (C=O) groups excluding carboxylic acids is 3. The van der Waals surface area contributed by atoms with Gasteiger partial charge in [-0.1, -0.05) is 54.6 Å². The first-order valence-corrected chi connectivity index (χ1v) is 9.74. The van der Waals surface area contributed by atoms with Crippen LogP contribution in [0.5, 0.6) is 0 Å². The summed E-state index contributed by atoms with van der Waals surface area (Å²) in [7, 11) is 0. The number of benzene rings is 2. The molecule has 10 nitrogen and oxygen atoms in total. The van der Waals surface area contributed by atoms with Crippen LogP contribution in [0.25, 0.3) is 0 Å². The summed E-state index contributed by atoms with van der Waals surface area (Å²) in [6.45, 7) is 2.65. The number of nitrogen functional groups attached to an aromatic ring is 1. The third-order valence-corrected chi connectivity index (χ3v) is 5.33. The second-order valence-corrected chi connectivity index (χ2v) is 7.55. The van der Waals surface area contributed by atoms with Crippen molar-refractivity contribution in [3.63, 3.8) is 0 Å². The lowest BCUT2D eigenvalue weighted by Gasteiger charge is -2.35. The molecule has 0 spiro atoms. The summed E-state index contributed by atoms with van der Waals surface area (Å²) < 4.78 is 0. The Bertz CT molecular complexity index is 1090. The number of carboxylic acid groups (broad SMARTS) is 1. The van der Waals surface area contributed by atoms with E-state index in [1.807, 2.05) is 0 Å². The van der Waals surface area contributed by atoms with Crippen molar-refractivity contribution in [1.29, 1.82) is 5.41 Å². The van der Waals surface area contributed by atoms with Gasteiger partial charge in [0.2, 0.25) is 5.91 Å². The lowest BCUT2D eigenvalue weighted by molar-refractivity contribution is -0.162. The topological polar surface area (TPSA) is 157 Å². The van der Waals surface area contributed by atoms with E-state index in [2.05, 4.69) is 5.32 Å². The van der Waals surface area contributed by atoms with Crippen LogP contribution < -0.4 is 11.1 Å². The van der Waals surface area contributed by atoms with Crippen LogP contribution in [-0.2, 0) is 19.9 Å². The van der Waals surface area contributed by atoms with Crippen molar-refractivity contribution in [2.24, 2.45) is 5.73 Å². The van der Waals surface area contributed by atoms with E-state index in [4.69, 9.17) is 11.1 Å². The van der Waals surface area contributed by atoms with E-state index >= 15 is 0 Å². The highest BCUT2D eigenvalue weighted by atomic mass is 35.5. The van der Waals surface area contributed by atoms with Crippen LogP contribution in [0.4, 0.5) is 4.79 Å². The Hall–Kier alpha value is -3.92. The van der Waals surface area contributed by atoms with Gasteiger partial charge in [-0.15, -0.1) is 12.4 Å². The van der Waals surface area contributed by atoms with Crippen LogP contribution in [0.2, 0.25) is 0 Å². The van der Waals surface area contributed by atoms with E-state index < -0.39 is 41.8 Å². The van der Waals surface area contributed by atoms with Crippen molar-refractivity contribution in [3.8, 4) is 0 Å². The number of hydrazine groups is 1. The van der Waals surface area contributed by atoms with E-state index in [1.165, 1.54) is 6.92 Å². The Morgan fingerprint density at radius 3 is 2.21 bits per heavy atom. The zero-order valence-electron chi connectivity index (χ0n) is 17.9. The van der Waals surface area contributed by atoms with E-state index in [1.54, 1.807) is 54.6 Å². The molecule has 0 aliphatic carbocycles. The molecule has 0 radical (unpaired) electrons. The monoisotopic (exact) mass is 473 g/mol. The summed E-state index contributed by atoms with van der Waals surface area (Å²) in [5, 5.41) is 21.1. The average molecular weight is 474 g/mol.